The minimum atomic E-state index is -0.466. The van der Waals surface area contributed by atoms with Crippen LogP contribution in [0.2, 0.25) is 0 Å². The molecule has 5 heteroatoms. The average Bonchev–Trinajstić information content (AvgIpc) is 2.70. The van der Waals surface area contributed by atoms with Gasteiger partial charge in [-0.1, -0.05) is 0 Å². The third-order valence-electron chi connectivity index (χ3n) is 2.87. The molecule has 1 saturated heterocycles. The molecule has 0 aliphatic carbocycles. The number of nitrogens with zero attached hydrogens (tertiary/aromatic N) is 1. The fourth-order valence-corrected chi connectivity index (χ4v) is 2.16. The van der Waals surface area contributed by atoms with Crippen molar-refractivity contribution < 1.29 is 13.9 Å². The van der Waals surface area contributed by atoms with Crippen LogP contribution in [0.4, 0.5) is 10.1 Å². The Hall–Kier alpha value is -1.29. The van der Waals surface area contributed by atoms with E-state index in [-0.39, 0.29) is 17.6 Å². The van der Waals surface area contributed by atoms with Gasteiger partial charge in [0.05, 0.1) is 7.11 Å². The van der Waals surface area contributed by atoms with E-state index in [4.69, 9.17) is 16.3 Å². The van der Waals surface area contributed by atoms with Crippen molar-refractivity contribution in [2.75, 3.05) is 24.4 Å². The van der Waals surface area contributed by atoms with Crippen molar-refractivity contribution in [3.05, 3.63) is 24.0 Å². The molecule has 17 heavy (non-hydrogen) atoms. The van der Waals surface area contributed by atoms with Crippen molar-refractivity contribution in [3.63, 3.8) is 0 Å². The van der Waals surface area contributed by atoms with E-state index in [0.29, 0.717) is 24.5 Å². The van der Waals surface area contributed by atoms with Gasteiger partial charge in [-0.3, -0.25) is 4.79 Å². The zero-order valence-corrected chi connectivity index (χ0v) is 10.2. The standard InChI is InChI=1S/C12H13ClFNO2/c1-17-11-3-2-9(5-10(11)14)15-7-8(6-13)4-12(15)16/h2-3,5,8H,4,6-7H2,1H3. The molecule has 1 heterocycles. The largest absolute Gasteiger partial charge is 0.494 e. The summed E-state index contributed by atoms with van der Waals surface area (Å²) in [6.07, 6.45) is 0.428. The van der Waals surface area contributed by atoms with E-state index in [1.165, 1.54) is 19.2 Å². The average molecular weight is 258 g/mol. The molecule has 0 spiro atoms. The molecule has 1 atom stereocenters. The van der Waals surface area contributed by atoms with Gasteiger partial charge in [-0.2, -0.15) is 0 Å². The van der Waals surface area contributed by atoms with E-state index in [2.05, 4.69) is 0 Å². The van der Waals surface area contributed by atoms with E-state index in [1.54, 1.807) is 11.0 Å². The molecule has 92 valence electrons. The van der Waals surface area contributed by atoms with Crippen molar-refractivity contribution >= 4 is 23.2 Å². The second-order valence-corrected chi connectivity index (χ2v) is 4.36. The number of halogens is 2. The molecule has 1 aliphatic heterocycles. The summed E-state index contributed by atoms with van der Waals surface area (Å²) in [5, 5.41) is 0. The number of hydrogen-bond acceptors (Lipinski definition) is 2. The van der Waals surface area contributed by atoms with Crippen molar-refractivity contribution in [3.8, 4) is 5.75 Å². The number of rotatable bonds is 3. The molecule has 0 radical (unpaired) electrons. The van der Waals surface area contributed by atoms with Crippen LogP contribution in [0.3, 0.4) is 0 Å². The number of carbonyl (C=O) groups is 1. The normalized spacial score (nSPS) is 19.8. The lowest BCUT2D eigenvalue weighted by molar-refractivity contribution is -0.117. The lowest BCUT2D eigenvalue weighted by atomic mass is 10.1. The topological polar surface area (TPSA) is 29.5 Å². The van der Waals surface area contributed by atoms with Crippen LogP contribution in [0, 0.1) is 11.7 Å². The molecular weight excluding hydrogens is 245 g/mol. The van der Waals surface area contributed by atoms with Crippen LogP contribution in [-0.4, -0.2) is 25.4 Å². The first-order chi connectivity index (χ1) is 8.15. The first kappa shape index (κ1) is 12.2. The van der Waals surface area contributed by atoms with Gasteiger partial charge in [0, 0.05) is 30.6 Å². The Kier molecular flexibility index (Phi) is 3.52. The van der Waals surface area contributed by atoms with E-state index < -0.39 is 5.82 Å². The van der Waals surface area contributed by atoms with Crippen molar-refractivity contribution in [1.82, 2.24) is 0 Å². The Morgan fingerprint density at radius 2 is 2.35 bits per heavy atom. The molecule has 1 fully saturated rings. The number of alkyl halides is 1. The van der Waals surface area contributed by atoms with Gasteiger partial charge in [0.15, 0.2) is 11.6 Å². The molecule has 1 aromatic rings. The second kappa shape index (κ2) is 4.92. The number of ether oxygens (including phenoxy) is 1. The van der Waals surface area contributed by atoms with Gasteiger partial charge in [0.1, 0.15) is 0 Å². The zero-order chi connectivity index (χ0) is 12.4. The highest BCUT2D eigenvalue weighted by Crippen LogP contribution is 2.29. The number of benzene rings is 1. The Labute approximate surface area is 104 Å². The van der Waals surface area contributed by atoms with Crippen LogP contribution in [0.5, 0.6) is 5.75 Å². The number of amides is 1. The van der Waals surface area contributed by atoms with Crippen molar-refractivity contribution in [1.29, 1.82) is 0 Å². The first-order valence-electron chi connectivity index (χ1n) is 5.35. The summed E-state index contributed by atoms with van der Waals surface area (Å²) in [4.78, 5) is 13.3. The summed E-state index contributed by atoms with van der Waals surface area (Å²) in [5.74, 6) is 0.289. The van der Waals surface area contributed by atoms with E-state index in [9.17, 15) is 9.18 Å². The second-order valence-electron chi connectivity index (χ2n) is 4.05. The summed E-state index contributed by atoms with van der Waals surface area (Å²) < 4.78 is 18.4. The fraction of sp³-hybridized carbons (Fsp3) is 0.417. The predicted octanol–water partition coefficient (Wildman–Crippen LogP) is 2.43. The monoisotopic (exact) mass is 257 g/mol. The molecule has 3 nitrogen and oxygen atoms in total. The van der Waals surface area contributed by atoms with Gasteiger partial charge in [0.2, 0.25) is 5.91 Å². The van der Waals surface area contributed by atoms with E-state index >= 15 is 0 Å². The molecule has 2 rings (SSSR count). The summed E-state index contributed by atoms with van der Waals surface area (Å²) in [7, 11) is 1.41. The Bertz CT molecular complexity index is 439. The van der Waals surface area contributed by atoms with Gasteiger partial charge < -0.3 is 9.64 Å². The number of methoxy groups -OCH3 is 1. The fourth-order valence-electron chi connectivity index (χ4n) is 1.96. The molecule has 1 aliphatic rings. The van der Waals surface area contributed by atoms with Gasteiger partial charge in [0.25, 0.3) is 0 Å². The Morgan fingerprint density at radius 3 is 2.88 bits per heavy atom. The third-order valence-corrected chi connectivity index (χ3v) is 3.31. The maximum Gasteiger partial charge on any atom is 0.227 e. The minimum Gasteiger partial charge on any atom is -0.494 e. The highest BCUT2D eigenvalue weighted by Gasteiger charge is 2.30. The number of carbonyl (C=O) groups excluding carboxylic acids is 1. The summed E-state index contributed by atoms with van der Waals surface area (Å²) in [5.41, 5.74) is 0.556. The maximum atomic E-state index is 13.5. The molecule has 1 amide bonds. The highest BCUT2D eigenvalue weighted by atomic mass is 35.5. The molecule has 0 aromatic heterocycles. The number of hydrogen-bond donors (Lipinski definition) is 0. The van der Waals surface area contributed by atoms with E-state index in [0.717, 1.165) is 0 Å². The van der Waals surface area contributed by atoms with Crippen LogP contribution >= 0.6 is 11.6 Å². The van der Waals surface area contributed by atoms with Crippen molar-refractivity contribution in [2.24, 2.45) is 5.92 Å². The molecule has 0 saturated carbocycles. The summed E-state index contributed by atoms with van der Waals surface area (Å²) in [6.45, 7) is 0.550. The van der Waals surface area contributed by atoms with Gasteiger partial charge in [-0.15, -0.1) is 11.6 Å². The van der Waals surface area contributed by atoms with Crippen LogP contribution < -0.4 is 9.64 Å². The van der Waals surface area contributed by atoms with Crippen LogP contribution in [0.25, 0.3) is 0 Å². The molecule has 0 N–H and O–H groups in total. The Balaban J connectivity index is 2.23. The summed E-state index contributed by atoms with van der Waals surface area (Å²) in [6, 6.07) is 4.51. The maximum absolute atomic E-state index is 13.5. The summed E-state index contributed by atoms with van der Waals surface area (Å²) >= 11 is 5.73. The van der Waals surface area contributed by atoms with Crippen LogP contribution in [-0.2, 0) is 4.79 Å². The van der Waals surface area contributed by atoms with Crippen LogP contribution in [0.15, 0.2) is 18.2 Å². The first-order valence-corrected chi connectivity index (χ1v) is 5.89. The van der Waals surface area contributed by atoms with Gasteiger partial charge in [-0.05, 0) is 18.1 Å². The lowest BCUT2D eigenvalue weighted by Crippen LogP contribution is -2.24. The molecule has 0 bridgehead atoms. The van der Waals surface area contributed by atoms with Gasteiger partial charge >= 0.3 is 0 Å². The van der Waals surface area contributed by atoms with Crippen molar-refractivity contribution in [2.45, 2.75) is 6.42 Å². The quantitative estimate of drug-likeness (QED) is 0.779. The smallest absolute Gasteiger partial charge is 0.227 e. The predicted molar refractivity (Wildman–Crippen MR) is 64.1 cm³/mol. The molecular formula is C12H13ClFNO2. The van der Waals surface area contributed by atoms with Crippen LogP contribution in [0.1, 0.15) is 6.42 Å². The van der Waals surface area contributed by atoms with Gasteiger partial charge in [-0.25, -0.2) is 4.39 Å². The van der Waals surface area contributed by atoms with E-state index in [1.807, 2.05) is 0 Å². The highest BCUT2D eigenvalue weighted by molar-refractivity contribution is 6.18. The lowest BCUT2D eigenvalue weighted by Gasteiger charge is -2.17. The molecule has 1 aromatic carbocycles. The zero-order valence-electron chi connectivity index (χ0n) is 9.45. The molecule has 1 unspecified atom stereocenters. The minimum absolute atomic E-state index is 0.0137. The third kappa shape index (κ3) is 2.36. The SMILES string of the molecule is COc1ccc(N2CC(CCl)CC2=O)cc1F. The Morgan fingerprint density at radius 1 is 1.59 bits per heavy atom. The number of anilines is 1.